The average Bonchev–Trinajstić information content (AvgIpc) is 3.45. The molecule has 0 heterocycles. The quantitative estimate of drug-likeness (QED) is 0.545. The minimum atomic E-state index is -0.199. The van der Waals surface area contributed by atoms with Crippen LogP contribution in [0.4, 0.5) is 4.39 Å². The van der Waals surface area contributed by atoms with Gasteiger partial charge >= 0.3 is 0 Å². The molecule has 4 heteroatoms. The molecule has 0 spiro atoms. The lowest BCUT2D eigenvalue weighted by atomic mass is 9.79. The summed E-state index contributed by atoms with van der Waals surface area (Å²) in [4.78, 5) is 13.1. The monoisotopic (exact) mass is 429 g/mol. The van der Waals surface area contributed by atoms with Gasteiger partial charge in [0.25, 0.3) is 5.91 Å². The molecule has 1 atom stereocenters. The van der Waals surface area contributed by atoms with E-state index < -0.39 is 0 Å². The molecule has 0 unspecified atom stereocenters. The van der Waals surface area contributed by atoms with Crippen LogP contribution < -0.4 is 5.32 Å². The SMILES string of the molecule is Cc1cc([C@@H](NC(=O)c2cc(CBr)cc(C3CCC3)c2)C2CC2)ccc1F. The van der Waals surface area contributed by atoms with E-state index in [-0.39, 0.29) is 17.8 Å². The molecule has 142 valence electrons. The fraction of sp³-hybridized carbons (Fsp3) is 0.435. The Morgan fingerprint density at radius 2 is 1.96 bits per heavy atom. The highest BCUT2D eigenvalue weighted by atomic mass is 79.9. The number of halogens is 2. The Bertz CT molecular complexity index is 857. The number of benzene rings is 2. The molecule has 4 rings (SSSR count). The smallest absolute Gasteiger partial charge is 0.251 e. The third-order valence-corrected chi connectivity index (χ3v) is 6.58. The molecule has 0 radical (unpaired) electrons. The summed E-state index contributed by atoms with van der Waals surface area (Å²) in [7, 11) is 0. The number of nitrogens with one attached hydrogen (secondary N) is 1. The number of hydrogen-bond acceptors (Lipinski definition) is 1. The van der Waals surface area contributed by atoms with Crippen molar-refractivity contribution < 1.29 is 9.18 Å². The third-order valence-electron chi connectivity index (χ3n) is 5.93. The molecule has 2 aliphatic carbocycles. The lowest BCUT2D eigenvalue weighted by Crippen LogP contribution is -2.30. The highest BCUT2D eigenvalue weighted by Gasteiger charge is 2.34. The zero-order chi connectivity index (χ0) is 19.0. The fourth-order valence-electron chi connectivity index (χ4n) is 3.89. The van der Waals surface area contributed by atoms with Gasteiger partial charge in [0.15, 0.2) is 0 Å². The lowest BCUT2D eigenvalue weighted by Gasteiger charge is -2.27. The Morgan fingerprint density at radius 3 is 2.56 bits per heavy atom. The summed E-state index contributed by atoms with van der Waals surface area (Å²) in [6.07, 6.45) is 5.92. The van der Waals surface area contributed by atoms with Crippen LogP contribution in [0.2, 0.25) is 0 Å². The number of hydrogen-bond donors (Lipinski definition) is 1. The van der Waals surface area contributed by atoms with Crippen LogP contribution in [0.1, 0.15) is 76.7 Å². The second kappa shape index (κ2) is 7.75. The Labute approximate surface area is 168 Å². The van der Waals surface area contributed by atoms with Crippen molar-refractivity contribution >= 4 is 21.8 Å². The summed E-state index contributed by atoms with van der Waals surface area (Å²) in [5, 5.41) is 3.98. The summed E-state index contributed by atoms with van der Waals surface area (Å²) in [6, 6.07) is 11.4. The van der Waals surface area contributed by atoms with Crippen LogP contribution in [0.15, 0.2) is 36.4 Å². The largest absolute Gasteiger partial charge is 0.345 e. The highest BCUT2D eigenvalue weighted by molar-refractivity contribution is 9.08. The summed E-state index contributed by atoms with van der Waals surface area (Å²) >= 11 is 3.53. The van der Waals surface area contributed by atoms with Gasteiger partial charge in [-0.1, -0.05) is 40.5 Å². The number of aryl methyl sites for hydroxylation is 1. The maximum Gasteiger partial charge on any atom is 0.251 e. The molecule has 2 saturated carbocycles. The van der Waals surface area contributed by atoms with Gasteiger partial charge in [0.05, 0.1) is 6.04 Å². The van der Waals surface area contributed by atoms with Crippen molar-refractivity contribution in [3.8, 4) is 0 Å². The maximum atomic E-state index is 13.7. The first-order valence-corrected chi connectivity index (χ1v) is 10.9. The first-order chi connectivity index (χ1) is 13.0. The Balaban J connectivity index is 1.58. The molecular formula is C23H25BrFNO. The topological polar surface area (TPSA) is 29.1 Å². The van der Waals surface area contributed by atoms with Crippen molar-refractivity contribution in [3.63, 3.8) is 0 Å². The van der Waals surface area contributed by atoms with E-state index in [9.17, 15) is 9.18 Å². The molecule has 2 nitrogen and oxygen atoms in total. The van der Waals surface area contributed by atoms with E-state index in [1.165, 1.54) is 30.9 Å². The molecule has 0 aromatic heterocycles. The van der Waals surface area contributed by atoms with E-state index in [2.05, 4.69) is 33.4 Å². The highest BCUT2D eigenvalue weighted by Crippen LogP contribution is 2.42. The standard InChI is InChI=1S/C23H25BrFNO/c1-14-9-18(7-8-21(14)25)22(17-5-6-17)26-23(27)20-11-15(13-24)10-19(12-20)16-3-2-4-16/h7-12,16-17,22H,2-6,13H2,1H3,(H,26,27)/t22-/m0/s1. The Morgan fingerprint density at radius 1 is 1.19 bits per heavy atom. The van der Waals surface area contributed by atoms with Gasteiger partial charge in [0.1, 0.15) is 5.82 Å². The van der Waals surface area contributed by atoms with Crippen LogP contribution in [0.3, 0.4) is 0 Å². The number of rotatable bonds is 6. The van der Waals surface area contributed by atoms with E-state index in [0.717, 1.165) is 34.9 Å². The molecule has 2 fully saturated rings. The normalized spacial score (nSPS) is 18.0. The van der Waals surface area contributed by atoms with Gasteiger partial charge in [-0.3, -0.25) is 4.79 Å². The van der Waals surface area contributed by atoms with Gasteiger partial charge in [-0.15, -0.1) is 0 Å². The summed E-state index contributed by atoms with van der Waals surface area (Å²) in [6.45, 7) is 1.77. The van der Waals surface area contributed by atoms with Crippen LogP contribution in [-0.2, 0) is 5.33 Å². The van der Waals surface area contributed by atoms with Crippen LogP contribution in [0.5, 0.6) is 0 Å². The van der Waals surface area contributed by atoms with Crippen LogP contribution in [0.25, 0.3) is 0 Å². The molecule has 2 aliphatic rings. The van der Waals surface area contributed by atoms with Crippen molar-refractivity contribution in [2.75, 3.05) is 0 Å². The van der Waals surface area contributed by atoms with Crippen LogP contribution in [-0.4, -0.2) is 5.91 Å². The van der Waals surface area contributed by atoms with Crippen LogP contribution in [0, 0.1) is 18.7 Å². The first-order valence-electron chi connectivity index (χ1n) is 9.82. The van der Waals surface area contributed by atoms with Gasteiger partial charge in [0.2, 0.25) is 0 Å². The molecule has 27 heavy (non-hydrogen) atoms. The molecule has 0 aliphatic heterocycles. The molecular weight excluding hydrogens is 405 g/mol. The predicted octanol–water partition coefficient (Wildman–Crippen LogP) is 6.18. The van der Waals surface area contributed by atoms with E-state index in [1.54, 1.807) is 13.0 Å². The zero-order valence-electron chi connectivity index (χ0n) is 15.6. The summed E-state index contributed by atoms with van der Waals surface area (Å²) in [5.41, 5.74) is 4.79. The average molecular weight is 430 g/mol. The van der Waals surface area contributed by atoms with Gasteiger partial charge in [0, 0.05) is 10.9 Å². The lowest BCUT2D eigenvalue weighted by molar-refractivity contribution is 0.0931. The predicted molar refractivity (Wildman–Crippen MR) is 110 cm³/mol. The zero-order valence-corrected chi connectivity index (χ0v) is 17.2. The first kappa shape index (κ1) is 18.7. The molecule has 0 bridgehead atoms. The van der Waals surface area contributed by atoms with Gasteiger partial charge in [-0.05, 0) is 84.9 Å². The van der Waals surface area contributed by atoms with E-state index in [0.29, 0.717) is 17.4 Å². The Hall–Kier alpha value is -1.68. The molecule has 1 amide bonds. The molecule has 0 saturated heterocycles. The van der Waals surface area contributed by atoms with Gasteiger partial charge in [-0.25, -0.2) is 4.39 Å². The number of amides is 1. The summed E-state index contributed by atoms with van der Waals surface area (Å²) < 4.78 is 13.7. The fourth-order valence-corrected chi connectivity index (χ4v) is 4.22. The number of alkyl halides is 1. The minimum absolute atomic E-state index is 0.0303. The minimum Gasteiger partial charge on any atom is -0.345 e. The maximum absolute atomic E-state index is 13.7. The number of carbonyl (C=O) groups is 1. The summed E-state index contributed by atoms with van der Waals surface area (Å²) in [5.74, 6) is 0.811. The van der Waals surface area contributed by atoms with E-state index in [1.807, 2.05) is 12.1 Å². The van der Waals surface area contributed by atoms with Crippen molar-refractivity contribution in [2.45, 2.75) is 56.3 Å². The molecule has 2 aromatic carbocycles. The van der Waals surface area contributed by atoms with Crippen LogP contribution >= 0.6 is 15.9 Å². The van der Waals surface area contributed by atoms with Gasteiger partial charge in [-0.2, -0.15) is 0 Å². The Kier molecular flexibility index (Phi) is 5.36. The van der Waals surface area contributed by atoms with Crippen molar-refractivity contribution in [1.82, 2.24) is 5.32 Å². The second-order valence-corrected chi connectivity index (χ2v) is 8.58. The van der Waals surface area contributed by atoms with E-state index in [4.69, 9.17) is 0 Å². The van der Waals surface area contributed by atoms with Gasteiger partial charge < -0.3 is 5.32 Å². The molecule has 1 N–H and O–H groups in total. The number of carbonyl (C=O) groups excluding carboxylic acids is 1. The van der Waals surface area contributed by atoms with Crippen molar-refractivity contribution in [1.29, 1.82) is 0 Å². The molecule has 2 aromatic rings. The van der Waals surface area contributed by atoms with E-state index >= 15 is 0 Å². The third kappa shape index (κ3) is 4.11. The van der Waals surface area contributed by atoms with Crippen molar-refractivity contribution in [2.24, 2.45) is 5.92 Å². The second-order valence-electron chi connectivity index (χ2n) is 8.02. The van der Waals surface area contributed by atoms with Crippen molar-refractivity contribution in [3.05, 3.63) is 70.0 Å².